The van der Waals surface area contributed by atoms with Crippen molar-refractivity contribution in [2.24, 2.45) is 0 Å². The number of unbranched alkanes of at least 4 members (excludes halogenated alkanes) is 7. The van der Waals surface area contributed by atoms with Crippen LogP contribution in [0.1, 0.15) is 76.1 Å². The monoisotopic (exact) mass is 339 g/mol. The highest BCUT2D eigenvalue weighted by molar-refractivity contribution is 6.32. The van der Waals surface area contributed by atoms with Gasteiger partial charge in [0.1, 0.15) is 5.78 Å². The summed E-state index contributed by atoms with van der Waals surface area (Å²) < 4.78 is 5.23. The van der Waals surface area contributed by atoms with Gasteiger partial charge in [0.05, 0.1) is 17.8 Å². The number of aromatic nitrogens is 1. The molecule has 1 rings (SSSR count). The Balaban J connectivity index is 2.08. The quantitative estimate of drug-likeness (QED) is 0.459. The molecule has 0 spiro atoms. The summed E-state index contributed by atoms with van der Waals surface area (Å²) in [7, 11) is 1.62. The molecule has 0 aliphatic rings. The van der Waals surface area contributed by atoms with Crippen LogP contribution in [0.3, 0.4) is 0 Å². The number of Topliss-reactive ketones (excluding diaryl/α,β-unsaturated/α-hetero) is 1. The molecule has 4 heteroatoms. The zero-order valence-corrected chi connectivity index (χ0v) is 15.5. The first-order valence-corrected chi connectivity index (χ1v) is 9.12. The van der Waals surface area contributed by atoms with Crippen LogP contribution in [0.5, 0.6) is 5.75 Å². The highest BCUT2D eigenvalue weighted by Crippen LogP contribution is 2.27. The fourth-order valence-electron chi connectivity index (χ4n) is 2.80. The lowest BCUT2D eigenvalue weighted by Gasteiger charge is -2.09. The molecule has 0 fully saturated rings. The number of rotatable bonds is 12. The number of aryl methyl sites for hydroxylation is 2. The predicted molar refractivity (Wildman–Crippen MR) is 96.5 cm³/mol. The third-order valence-corrected chi connectivity index (χ3v) is 4.35. The molecule has 0 saturated heterocycles. The molecule has 0 bridgehead atoms. The summed E-state index contributed by atoms with van der Waals surface area (Å²) in [5, 5.41) is 0.653. The van der Waals surface area contributed by atoms with Gasteiger partial charge < -0.3 is 9.53 Å². The molecule has 3 nitrogen and oxygen atoms in total. The van der Waals surface area contributed by atoms with E-state index in [0.29, 0.717) is 16.6 Å². The average Bonchev–Trinajstić information content (AvgIpc) is 2.48. The molecule has 0 atom stereocenters. The number of ketones is 1. The second-order valence-electron chi connectivity index (χ2n) is 6.24. The van der Waals surface area contributed by atoms with Crippen molar-refractivity contribution in [2.45, 2.75) is 78.1 Å². The van der Waals surface area contributed by atoms with Crippen LogP contribution in [0.25, 0.3) is 0 Å². The summed E-state index contributed by atoms with van der Waals surface area (Å²) in [4.78, 5) is 15.4. The summed E-state index contributed by atoms with van der Waals surface area (Å²) >= 11 is 6.19. The van der Waals surface area contributed by atoms with E-state index in [1.807, 2.05) is 13.0 Å². The number of pyridine rings is 1. The number of carbonyl (C=O) groups is 1. The number of hydrogen-bond donors (Lipinski definition) is 0. The first kappa shape index (κ1) is 20.0. The van der Waals surface area contributed by atoms with Crippen LogP contribution >= 0.6 is 11.6 Å². The first-order chi connectivity index (χ1) is 11.0. The lowest BCUT2D eigenvalue weighted by atomic mass is 10.0. The number of halogens is 1. The molecule has 0 N–H and O–H groups in total. The van der Waals surface area contributed by atoms with Crippen LogP contribution in [0, 0.1) is 6.92 Å². The van der Waals surface area contributed by atoms with Crippen molar-refractivity contribution in [3.63, 3.8) is 0 Å². The second-order valence-corrected chi connectivity index (χ2v) is 6.65. The van der Waals surface area contributed by atoms with Crippen molar-refractivity contribution in [3.8, 4) is 5.75 Å². The van der Waals surface area contributed by atoms with Gasteiger partial charge in [0.15, 0.2) is 5.75 Å². The first-order valence-electron chi connectivity index (χ1n) is 8.74. The molecule has 0 radical (unpaired) electrons. The van der Waals surface area contributed by atoms with Crippen LogP contribution in [-0.4, -0.2) is 17.9 Å². The molecule has 23 heavy (non-hydrogen) atoms. The van der Waals surface area contributed by atoms with Crippen LogP contribution < -0.4 is 4.74 Å². The minimum absolute atomic E-state index is 0.312. The molecule has 0 aliphatic carbocycles. The maximum absolute atomic E-state index is 10.8. The van der Waals surface area contributed by atoms with E-state index in [1.165, 1.54) is 38.5 Å². The summed E-state index contributed by atoms with van der Waals surface area (Å²) in [5.74, 6) is 0.993. The number of hydrogen-bond acceptors (Lipinski definition) is 3. The van der Waals surface area contributed by atoms with Gasteiger partial charge in [-0.15, -0.1) is 0 Å². The lowest BCUT2D eigenvalue weighted by molar-refractivity contribution is -0.117. The maximum Gasteiger partial charge on any atom is 0.158 e. The Morgan fingerprint density at radius 3 is 2.17 bits per heavy atom. The van der Waals surface area contributed by atoms with E-state index in [2.05, 4.69) is 4.98 Å². The van der Waals surface area contributed by atoms with Crippen molar-refractivity contribution in [3.05, 3.63) is 22.5 Å². The van der Waals surface area contributed by atoms with Gasteiger partial charge in [-0.1, -0.05) is 50.1 Å². The van der Waals surface area contributed by atoms with E-state index in [4.69, 9.17) is 16.3 Å². The Labute approximate surface area is 145 Å². The van der Waals surface area contributed by atoms with Crippen LogP contribution in [0.4, 0.5) is 0 Å². The van der Waals surface area contributed by atoms with E-state index in [1.54, 1.807) is 14.0 Å². The van der Waals surface area contributed by atoms with Gasteiger partial charge in [0, 0.05) is 12.1 Å². The smallest absolute Gasteiger partial charge is 0.158 e. The van der Waals surface area contributed by atoms with Gasteiger partial charge >= 0.3 is 0 Å². The average molecular weight is 340 g/mol. The number of carbonyl (C=O) groups excluding carboxylic acids is 1. The highest BCUT2D eigenvalue weighted by atomic mass is 35.5. The fraction of sp³-hybridized carbons (Fsp3) is 0.684. The largest absolute Gasteiger partial charge is 0.493 e. The van der Waals surface area contributed by atoms with Crippen molar-refractivity contribution < 1.29 is 9.53 Å². The van der Waals surface area contributed by atoms with Crippen LogP contribution in [0.2, 0.25) is 5.02 Å². The van der Waals surface area contributed by atoms with Crippen molar-refractivity contribution >= 4 is 17.4 Å². The molecule has 0 unspecified atom stereocenters. The zero-order valence-electron chi connectivity index (χ0n) is 14.8. The molecule has 0 aliphatic heterocycles. The van der Waals surface area contributed by atoms with Gasteiger partial charge in [-0.25, -0.2) is 0 Å². The molecule has 0 aromatic carbocycles. The van der Waals surface area contributed by atoms with E-state index in [-0.39, 0.29) is 0 Å². The van der Waals surface area contributed by atoms with Crippen LogP contribution in [0.15, 0.2) is 6.07 Å². The molecule has 0 amide bonds. The molecule has 1 heterocycles. The van der Waals surface area contributed by atoms with E-state index < -0.39 is 0 Å². The molecule has 130 valence electrons. The molecular formula is C19H30ClNO2. The number of methoxy groups -OCH3 is 1. The lowest BCUT2D eigenvalue weighted by Crippen LogP contribution is -1.97. The van der Waals surface area contributed by atoms with Gasteiger partial charge in [-0.2, -0.15) is 0 Å². The van der Waals surface area contributed by atoms with Crippen molar-refractivity contribution in [1.29, 1.82) is 0 Å². The second kappa shape index (κ2) is 11.4. The van der Waals surface area contributed by atoms with Crippen molar-refractivity contribution in [2.75, 3.05) is 7.11 Å². The highest BCUT2D eigenvalue weighted by Gasteiger charge is 2.08. The third kappa shape index (κ3) is 8.36. The van der Waals surface area contributed by atoms with Gasteiger partial charge in [0.2, 0.25) is 0 Å². The summed E-state index contributed by atoms with van der Waals surface area (Å²) in [6, 6.07) is 1.92. The Hall–Kier alpha value is -1.09. The SMILES string of the molecule is COc1c(Cl)cc(CCCCCCCCCCC(C)=O)nc1C. The predicted octanol–water partition coefficient (Wildman–Crippen LogP) is 5.69. The number of ether oxygens (including phenoxy) is 1. The Kier molecular flexibility index (Phi) is 9.93. The van der Waals surface area contributed by atoms with Gasteiger partial charge in [-0.05, 0) is 39.2 Å². The molecule has 0 saturated carbocycles. The minimum Gasteiger partial charge on any atom is -0.493 e. The zero-order chi connectivity index (χ0) is 17.1. The normalized spacial score (nSPS) is 10.8. The fourth-order valence-corrected chi connectivity index (χ4v) is 3.14. The van der Waals surface area contributed by atoms with E-state index in [0.717, 1.165) is 37.1 Å². The van der Waals surface area contributed by atoms with E-state index in [9.17, 15) is 4.79 Å². The van der Waals surface area contributed by atoms with Gasteiger partial charge in [-0.3, -0.25) is 4.98 Å². The Morgan fingerprint density at radius 2 is 1.65 bits per heavy atom. The molecule has 1 aromatic heterocycles. The summed E-state index contributed by atoms with van der Waals surface area (Å²) in [6.45, 7) is 3.60. The minimum atomic E-state index is 0.312. The third-order valence-electron chi connectivity index (χ3n) is 4.07. The molecule has 1 aromatic rings. The van der Waals surface area contributed by atoms with Crippen molar-refractivity contribution in [1.82, 2.24) is 4.98 Å². The number of nitrogens with zero attached hydrogens (tertiary/aromatic N) is 1. The standard InChI is InChI=1S/C19H30ClNO2/c1-15(22)12-10-8-6-4-5-7-9-11-13-17-14-18(20)19(23-3)16(2)21-17/h14H,4-13H2,1-3H3. The molecular weight excluding hydrogens is 310 g/mol. The maximum atomic E-state index is 10.8. The van der Waals surface area contributed by atoms with Gasteiger partial charge in [0.25, 0.3) is 0 Å². The Bertz CT molecular complexity index is 465. The Morgan fingerprint density at radius 1 is 1.09 bits per heavy atom. The van der Waals surface area contributed by atoms with Crippen LogP contribution in [-0.2, 0) is 11.2 Å². The topological polar surface area (TPSA) is 39.2 Å². The summed E-state index contributed by atoms with van der Waals surface area (Å²) in [6.07, 6.45) is 11.4. The van der Waals surface area contributed by atoms with E-state index >= 15 is 0 Å². The summed E-state index contributed by atoms with van der Waals surface area (Å²) in [5.41, 5.74) is 1.91.